The molecule has 1 aliphatic rings. The summed E-state index contributed by atoms with van der Waals surface area (Å²) in [6.45, 7) is 4.84. The number of piperazine rings is 1. The second kappa shape index (κ2) is 5.60. The van der Waals surface area contributed by atoms with Crippen molar-refractivity contribution in [1.29, 1.82) is 0 Å². The van der Waals surface area contributed by atoms with Crippen LogP contribution in [0, 0.1) is 0 Å². The van der Waals surface area contributed by atoms with Gasteiger partial charge >= 0.3 is 0 Å². The summed E-state index contributed by atoms with van der Waals surface area (Å²) in [5, 5.41) is 11.7. The topological polar surface area (TPSA) is 56.8 Å². The number of hydrogen-bond acceptors (Lipinski definition) is 4. The summed E-state index contributed by atoms with van der Waals surface area (Å²) in [6, 6.07) is 5.81. The van der Waals surface area contributed by atoms with Crippen LogP contribution in [-0.4, -0.2) is 40.9 Å². The lowest BCUT2D eigenvalue weighted by Gasteiger charge is -2.30. The Morgan fingerprint density at radius 2 is 2.05 bits per heavy atom. The molecular formula is C13H15Cl2N5. The molecule has 1 aromatic heterocycles. The fraction of sp³-hybridized carbons (Fsp3) is 0.385. The minimum absolute atomic E-state index is 0.426. The first kappa shape index (κ1) is 13.7. The summed E-state index contributed by atoms with van der Waals surface area (Å²) in [6.07, 6.45) is 0. The Morgan fingerprint density at radius 3 is 2.75 bits per heavy atom. The summed E-state index contributed by atoms with van der Waals surface area (Å²) in [5.74, 6) is 1.28. The molecule has 2 N–H and O–H groups in total. The van der Waals surface area contributed by atoms with Crippen molar-refractivity contribution in [3.05, 3.63) is 28.2 Å². The molecule has 1 fully saturated rings. The van der Waals surface area contributed by atoms with E-state index in [-0.39, 0.29) is 0 Å². The molecule has 7 heteroatoms. The molecule has 2 aromatic rings. The van der Waals surface area contributed by atoms with Gasteiger partial charge in [0.15, 0.2) is 5.82 Å². The molecule has 0 bridgehead atoms. The van der Waals surface area contributed by atoms with E-state index in [1.165, 1.54) is 0 Å². The minimum Gasteiger partial charge on any atom is -0.337 e. The van der Waals surface area contributed by atoms with E-state index >= 15 is 0 Å². The molecule has 1 aromatic carbocycles. The summed E-state index contributed by atoms with van der Waals surface area (Å²) in [4.78, 5) is 6.67. The van der Waals surface area contributed by atoms with Crippen molar-refractivity contribution in [2.24, 2.45) is 0 Å². The Balaban J connectivity index is 1.90. The molecule has 0 aliphatic carbocycles. The number of rotatable bonds is 2. The van der Waals surface area contributed by atoms with Crippen LogP contribution in [0.5, 0.6) is 0 Å². The predicted molar refractivity (Wildman–Crippen MR) is 81.5 cm³/mol. The Morgan fingerprint density at radius 1 is 1.30 bits per heavy atom. The molecule has 3 rings (SSSR count). The summed E-state index contributed by atoms with van der Waals surface area (Å²) >= 11 is 12.4. The van der Waals surface area contributed by atoms with Crippen LogP contribution in [0.4, 0.5) is 5.95 Å². The van der Waals surface area contributed by atoms with Crippen LogP contribution in [0.3, 0.4) is 0 Å². The summed E-state index contributed by atoms with van der Waals surface area (Å²) in [5.41, 5.74) is 0.692. The summed E-state index contributed by atoms with van der Waals surface area (Å²) in [7, 11) is 0. The number of aromatic amines is 1. The van der Waals surface area contributed by atoms with Gasteiger partial charge in [-0.2, -0.15) is 4.98 Å². The van der Waals surface area contributed by atoms with Crippen LogP contribution in [-0.2, 0) is 0 Å². The number of anilines is 1. The number of benzene rings is 1. The van der Waals surface area contributed by atoms with Crippen molar-refractivity contribution < 1.29 is 0 Å². The highest BCUT2D eigenvalue weighted by Gasteiger charge is 2.20. The zero-order valence-corrected chi connectivity index (χ0v) is 12.5. The Labute approximate surface area is 127 Å². The van der Waals surface area contributed by atoms with Crippen LogP contribution in [0.15, 0.2) is 18.2 Å². The molecule has 0 unspecified atom stereocenters. The van der Waals surface area contributed by atoms with E-state index < -0.39 is 0 Å². The molecule has 0 saturated carbocycles. The fourth-order valence-corrected chi connectivity index (χ4v) is 2.92. The normalized spacial score (nSPS) is 19.4. The van der Waals surface area contributed by atoms with Crippen molar-refractivity contribution in [3.8, 4) is 11.4 Å². The van der Waals surface area contributed by atoms with E-state index in [2.05, 4.69) is 32.3 Å². The first-order chi connectivity index (χ1) is 9.65. The van der Waals surface area contributed by atoms with Gasteiger partial charge in [-0.15, -0.1) is 5.10 Å². The van der Waals surface area contributed by atoms with Gasteiger partial charge in [0.2, 0.25) is 5.95 Å². The quantitative estimate of drug-likeness (QED) is 0.895. The van der Waals surface area contributed by atoms with Crippen LogP contribution >= 0.6 is 23.2 Å². The number of hydrogen-bond donors (Lipinski definition) is 2. The van der Waals surface area contributed by atoms with E-state index in [1.807, 2.05) is 6.07 Å². The Kier molecular flexibility index (Phi) is 3.83. The number of nitrogens with zero attached hydrogens (tertiary/aromatic N) is 3. The van der Waals surface area contributed by atoms with Gasteiger partial charge in [0, 0.05) is 25.7 Å². The van der Waals surface area contributed by atoms with Gasteiger partial charge in [0.25, 0.3) is 0 Å². The highest BCUT2D eigenvalue weighted by atomic mass is 35.5. The van der Waals surface area contributed by atoms with Crippen molar-refractivity contribution in [2.45, 2.75) is 13.0 Å². The standard InChI is InChI=1S/C13H15Cl2N5/c1-8-7-20(6-5-16-8)13-17-12(18-19-13)11-9(14)3-2-4-10(11)15/h2-4,8,16H,5-7H2,1H3,(H,17,18,19)/t8-/m0/s1. The van der Waals surface area contributed by atoms with E-state index in [4.69, 9.17) is 23.2 Å². The number of halogens is 2. The lowest BCUT2D eigenvalue weighted by molar-refractivity contribution is 0.480. The van der Waals surface area contributed by atoms with Gasteiger partial charge in [-0.25, -0.2) is 0 Å². The number of aromatic nitrogens is 3. The molecule has 0 radical (unpaired) electrons. The lowest BCUT2D eigenvalue weighted by Crippen LogP contribution is -2.49. The highest BCUT2D eigenvalue weighted by Crippen LogP contribution is 2.32. The Bertz CT molecular complexity index is 592. The van der Waals surface area contributed by atoms with Crippen molar-refractivity contribution in [3.63, 3.8) is 0 Å². The van der Waals surface area contributed by atoms with Gasteiger partial charge in [-0.3, -0.25) is 5.10 Å². The largest absolute Gasteiger partial charge is 0.337 e. The van der Waals surface area contributed by atoms with Crippen molar-refractivity contribution in [2.75, 3.05) is 24.5 Å². The molecule has 2 heterocycles. The SMILES string of the molecule is C[C@H]1CN(c2n[nH]c(-c3c(Cl)cccc3Cl)n2)CCN1. The maximum Gasteiger partial charge on any atom is 0.245 e. The van der Waals surface area contributed by atoms with Gasteiger partial charge in [0.1, 0.15) is 0 Å². The summed E-state index contributed by atoms with van der Waals surface area (Å²) < 4.78 is 0. The third-order valence-corrected chi connectivity index (χ3v) is 3.95. The molecule has 106 valence electrons. The highest BCUT2D eigenvalue weighted by molar-refractivity contribution is 6.38. The molecule has 1 atom stereocenters. The second-order valence-corrected chi connectivity index (χ2v) is 5.70. The van der Waals surface area contributed by atoms with Gasteiger partial charge in [-0.1, -0.05) is 29.3 Å². The number of nitrogens with one attached hydrogen (secondary N) is 2. The molecule has 20 heavy (non-hydrogen) atoms. The second-order valence-electron chi connectivity index (χ2n) is 4.88. The fourth-order valence-electron chi connectivity index (χ4n) is 2.34. The zero-order valence-electron chi connectivity index (χ0n) is 11.0. The van der Waals surface area contributed by atoms with E-state index in [0.717, 1.165) is 19.6 Å². The van der Waals surface area contributed by atoms with Crippen LogP contribution in [0.1, 0.15) is 6.92 Å². The minimum atomic E-state index is 0.426. The van der Waals surface area contributed by atoms with E-state index in [0.29, 0.717) is 33.4 Å². The first-order valence-electron chi connectivity index (χ1n) is 6.50. The van der Waals surface area contributed by atoms with Crippen molar-refractivity contribution >= 4 is 29.2 Å². The van der Waals surface area contributed by atoms with Gasteiger partial charge in [0.05, 0.1) is 15.6 Å². The number of H-pyrrole nitrogens is 1. The molecule has 0 spiro atoms. The Hall–Kier alpha value is -1.30. The van der Waals surface area contributed by atoms with Crippen LogP contribution in [0.25, 0.3) is 11.4 Å². The zero-order chi connectivity index (χ0) is 14.1. The molecule has 0 amide bonds. The van der Waals surface area contributed by atoms with E-state index in [1.54, 1.807) is 12.1 Å². The van der Waals surface area contributed by atoms with Crippen LogP contribution in [0.2, 0.25) is 10.0 Å². The first-order valence-corrected chi connectivity index (χ1v) is 7.26. The average molecular weight is 312 g/mol. The smallest absolute Gasteiger partial charge is 0.245 e. The maximum atomic E-state index is 6.19. The van der Waals surface area contributed by atoms with Gasteiger partial charge < -0.3 is 10.2 Å². The maximum absolute atomic E-state index is 6.19. The lowest BCUT2D eigenvalue weighted by atomic mass is 10.2. The third-order valence-electron chi connectivity index (χ3n) is 3.32. The predicted octanol–water partition coefficient (Wildman–Crippen LogP) is 2.58. The molecular weight excluding hydrogens is 297 g/mol. The monoisotopic (exact) mass is 311 g/mol. The molecule has 1 aliphatic heterocycles. The van der Waals surface area contributed by atoms with Crippen LogP contribution < -0.4 is 10.2 Å². The molecule has 1 saturated heterocycles. The molecule has 5 nitrogen and oxygen atoms in total. The third kappa shape index (κ3) is 2.61. The van der Waals surface area contributed by atoms with E-state index in [9.17, 15) is 0 Å². The average Bonchev–Trinajstić information content (AvgIpc) is 2.88. The van der Waals surface area contributed by atoms with Gasteiger partial charge in [-0.05, 0) is 19.1 Å². The van der Waals surface area contributed by atoms with Crippen molar-refractivity contribution in [1.82, 2.24) is 20.5 Å².